The summed E-state index contributed by atoms with van der Waals surface area (Å²) in [6.45, 7) is 1.55. The number of rotatable bonds is 8. The Morgan fingerprint density at radius 2 is 1.53 bits per heavy atom. The monoisotopic (exact) mass is 526 g/mol. The zero-order valence-corrected chi connectivity index (χ0v) is 22.2. The highest BCUT2D eigenvalue weighted by Crippen LogP contribution is 2.30. The molecule has 0 heterocycles. The van der Waals surface area contributed by atoms with E-state index < -0.39 is 5.82 Å². The highest BCUT2D eigenvalue weighted by molar-refractivity contribution is 6.31. The van der Waals surface area contributed by atoms with Gasteiger partial charge < -0.3 is 9.80 Å². The maximum atomic E-state index is 14.6. The number of amides is 1. The van der Waals surface area contributed by atoms with Gasteiger partial charge in [0.1, 0.15) is 5.82 Å². The molecule has 0 aliphatic carbocycles. The second-order valence-electron chi connectivity index (χ2n) is 9.19. The van der Waals surface area contributed by atoms with Crippen LogP contribution in [0.3, 0.4) is 0 Å². The summed E-state index contributed by atoms with van der Waals surface area (Å²) in [6.07, 6.45) is 2.89. The van der Waals surface area contributed by atoms with Crippen LogP contribution in [0, 0.1) is 5.82 Å². The number of hydrogen-bond donors (Lipinski definition) is 0. The predicted molar refractivity (Wildman–Crippen MR) is 154 cm³/mol. The highest BCUT2D eigenvalue weighted by atomic mass is 35.5. The lowest BCUT2D eigenvalue weighted by Crippen LogP contribution is -2.30. The van der Waals surface area contributed by atoms with E-state index in [9.17, 15) is 14.0 Å². The standard InChI is InChI=1S/C32H28ClFN2O2/c1-22(37)9-10-23-17-28(34)20-30(18-23)36(32(38)25-7-5-4-6-8-25)21-27-12-11-26(19-31(27)33)24-13-15-29(16-14-24)35(2)3/h4-20H,21H2,1-3H3/b10-9+. The molecule has 6 heteroatoms. The average molecular weight is 527 g/mol. The first kappa shape index (κ1) is 26.8. The maximum Gasteiger partial charge on any atom is 0.258 e. The van der Waals surface area contributed by atoms with E-state index in [-0.39, 0.29) is 18.2 Å². The quantitative estimate of drug-likeness (QED) is 0.221. The molecule has 4 nitrogen and oxygen atoms in total. The van der Waals surface area contributed by atoms with Crippen LogP contribution in [0.15, 0.2) is 97.1 Å². The molecule has 0 N–H and O–H groups in total. The van der Waals surface area contributed by atoms with Crippen LogP contribution in [0.1, 0.15) is 28.4 Å². The smallest absolute Gasteiger partial charge is 0.258 e. The van der Waals surface area contributed by atoms with Crippen molar-refractivity contribution < 1.29 is 14.0 Å². The fourth-order valence-corrected chi connectivity index (χ4v) is 4.30. The second kappa shape index (κ2) is 11.9. The molecule has 4 aromatic carbocycles. The van der Waals surface area contributed by atoms with Crippen LogP contribution in [0.25, 0.3) is 17.2 Å². The van der Waals surface area contributed by atoms with Crippen molar-refractivity contribution in [2.24, 2.45) is 0 Å². The Morgan fingerprint density at radius 1 is 0.842 bits per heavy atom. The lowest BCUT2D eigenvalue weighted by molar-refractivity contribution is -0.112. The van der Waals surface area contributed by atoms with E-state index in [0.717, 1.165) is 22.4 Å². The summed E-state index contributed by atoms with van der Waals surface area (Å²) in [6, 6.07) is 27.0. The van der Waals surface area contributed by atoms with E-state index in [1.54, 1.807) is 30.3 Å². The first-order valence-corrected chi connectivity index (χ1v) is 12.5. The summed E-state index contributed by atoms with van der Waals surface area (Å²) in [5.41, 5.74) is 5.09. The number of benzene rings is 4. The topological polar surface area (TPSA) is 40.6 Å². The molecule has 0 bridgehead atoms. The van der Waals surface area contributed by atoms with Crippen molar-refractivity contribution in [2.75, 3.05) is 23.9 Å². The first-order valence-electron chi connectivity index (χ1n) is 12.1. The van der Waals surface area contributed by atoms with Crippen molar-refractivity contribution in [3.8, 4) is 11.1 Å². The minimum Gasteiger partial charge on any atom is -0.378 e. The largest absolute Gasteiger partial charge is 0.378 e. The van der Waals surface area contributed by atoms with Gasteiger partial charge in [-0.15, -0.1) is 0 Å². The number of anilines is 2. The summed E-state index contributed by atoms with van der Waals surface area (Å²) >= 11 is 6.72. The Hall–Kier alpha value is -4.22. The number of allylic oxidation sites excluding steroid dienone is 1. The van der Waals surface area contributed by atoms with Crippen molar-refractivity contribution in [3.63, 3.8) is 0 Å². The molecule has 4 aromatic rings. The second-order valence-corrected chi connectivity index (χ2v) is 9.60. The van der Waals surface area contributed by atoms with Crippen LogP contribution in [-0.2, 0) is 11.3 Å². The van der Waals surface area contributed by atoms with E-state index in [0.29, 0.717) is 21.8 Å². The summed E-state index contributed by atoms with van der Waals surface area (Å²) in [5.74, 6) is -0.965. The first-order chi connectivity index (χ1) is 18.2. The van der Waals surface area contributed by atoms with E-state index >= 15 is 0 Å². The molecule has 4 rings (SSSR count). The molecule has 38 heavy (non-hydrogen) atoms. The molecule has 0 aromatic heterocycles. The van der Waals surface area contributed by atoms with Crippen molar-refractivity contribution in [1.82, 2.24) is 0 Å². The van der Waals surface area contributed by atoms with Crippen molar-refractivity contribution in [1.29, 1.82) is 0 Å². The van der Waals surface area contributed by atoms with Crippen LogP contribution >= 0.6 is 11.6 Å². The Morgan fingerprint density at radius 3 is 2.16 bits per heavy atom. The van der Waals surface area contributed by atoms with E-state index in [1.807, 2.05) is 67.5 Å². The Labute approximate surface area is 227 Å². The molecule has 0 fully saturated rings. The van der Waals surface area contributed by atoms with E-state index in [2.05, 4.69) is 0 Å². The lowest BCUT2D eigenvalue weighted by Gasteiger charge is -2.24. The third kappa shape index (κ3) is 6.55. The van der Waals surface area contributed by atoms with Gasteiger partial charge in [0, 0.05) is 36.1 Å². The van der Waals surface area contributed by atoms with Crippen molar-refractivity contribution in [3.05, 3.63) is 125 Å². The van der Waals surface area contributed by atoms with Crippen molar-refractivity contribution >= 4 is 40.7 Å². The van der Waals surface area contributed by atoms with Gasteiger partial charge in [0.15, 0.2) is 5.78 Å². The fourth-order valence-electron chi connectivity index (χ4n) is 4.06. The van der Waals surface area contributed by atoms with Crippen LogP contribution in [-0.4, -0.2) is 25.8 Å². The number of ketones is 1. The molecule has 192 valence electrons. The fraction of sp³-hybridized carbons (Fsp3) is 0.125. The SMILES string of the molecule is CC(=O)/C=C/c1cc(F)cc(N(Cc2ccc(-c3ccc(N(C)C)cc3)cc2Cl)C(=O)c2ccccc2)c1. The average Bonchev–Trinajstić information content (AvgIpc) is 2.91. The van der Waals surface area contributed by atoms with Crippen LogP contribution < -0.4 is 9.80 Å². The van der Waals surface area contributed by atoms with E-state index in [4.69, 9.17) is 11.6 Å². The number of carbonyl (C=O) groups is 2. The number of carbonyl (C=O) groups excluding carboxylic acids is 2. The Balaban J connectivity index is 1.70. The molecular weight excluding hydrogens is 499 g/mol. The van der Waals surface area contributed by atoms with Gasteiger partial charge in [-0.3, -0.25) is 9.59 Å². The minimum atomic E-state index is -0.515. The third-order valence-electron chi connectivity index (χ3n) is 6.09. The molecular formula is C32H28ClFN2O2. The predicted octanol–water partition coefficient (Wildman–Crippen LogP) is 7.66. The van der Waals surface area contributed by atoms with E-state index in [1.165, 1.54) is 36.1 Å². The van der Waals surface area contributed by atoms with Crippen LogP contribution in [0.4, 0.5) is 15.8 Å². The summed E-state index contributed by atoms with van der Waals surface area (Å²) in [4.78, 5) is 28.5. The minimum absolute atomic E-state index is 0.131. The molecule has 0 aliphatic rings. The summed E-state index contributed by atoms with van der Waals surface area (Å²) in [5, 5.41) is 0.498. The molecule has 0 aliphatic heterocycles. The van der Waals surface area contributed by atoms with Gasteiger partial charge in [0.05, 0.1) is 6.54 Å². The van der Waals surface area contributed by atoms with Gasteiger partial charge in [-0.25, -0.2) is 4.39 Å². The Bertz CT molecular complexity index is 1480. The van der Waals surface area contributed by atoms with Gasteiger partial charge in [-0.2, -0.15) is 0 Å². The van der Waals surface area contributed by atoms with Crippen molar-refractivity contribution in [2.45, 2.75) is 13.5 Å². The maximum absolute atomic E-state index is 14.6. The van der Waals surface area contributed by atoms with Gasteiger partial charge in [0.25, 0.3) is 5.91 Å². The molecule has 0 radical (unpaired) electrons. The third-order valence-corrected chi connectivity index (χ3v) is 6.44. The molecule has 0 atom stereocenters. The van der Waals surface area contributed by atoms with Crippen LogP contribution in [0.5, 0.6) is 0 Å². The highest BCUT2D eigenvalue weighted by Gasteiger charge is 2.21. The van der Waals surface area contributed by atoms with Gasteiger partial charge >= 0.3 is 0 Å². The van der Waals surface area contributed by atoms with Crippen LogP contribution in [0.2, 0.25) is 5.02 Å². The number of halogens is 2. The van der Waals surface area contributed by atoms with Gasteiger partial charge in [-0.05, 0) is 83.8 Å². The zero-order valence-electron chi connectivity index (χ0n) is 21.5. The normalized spacial score (nSPS) is 11.0. The molecule has 0 saturated heterocycles. The number of nitrogens with zero attached hydrogens (tertiary/aromatic N) is 2. The summed E-state index contributed by atoms with van der Waals surface area (Å²) < 4.78 is 14.6. The summed E-state index contributed by atoms with van der Waals surface area (Å²) in [7, 11) is 3.98. The number of hydrogen-bond acceptors (Lipinski definition) is 3. The zero-order chi connectivity index (χ0) is 27.2. The van der Waals surface area contributed by atoms with Gasteiger partial charge in [-0.1, -0.05) is 60.1 Å². The lowest BCUT2D eigenvalue weighted by atomic mass is 10.0. The van der Waals surface area contributed by atoms with Gasteiger partial charge in [0.2, 0.25) is 0 Å². The Kier molecular flexibility index (Phi) is 8.39. The molecule has 0 saturated carbocycles. The molecule has 1 amide bonds. The molecule has 0 unspecified atom stereocenters. The molecule has 0 spiro atoms.